The summed E-state index contributed by atoms with van der Waals surface area (Å²) in [6, 6.07) is 10.2. The molecule has 0 spiro atoms. The molecule has 0 aliphatic rings. The van der Waals surface area contributed by atoms with Gasteiger partial charge in [0.25, 0.3) is 5.56 Å². The number of nitrogens with one attached hydrogen (secondary N) is 1. The number of hydrogen-bond acceptors (Lipinski definition) is 8. The molecule has 0 aliphatic heterocycles. The van der Waals surface area contributed by atoms with E-state index in [-0.39, 0.29) is 36.1 Å². The Morgan fingerprint density at radius 1 is 1.12 bits per heavy atom. The first-order chi connectivity index (χ1) is 16.1. The summed E-state index contributed by atoms with van der Waals surface area (Å²) in [5, 5.41) is 8.65. The van der Waals surface area contributed by atoms with Crippen LogP contribution in [0.1, 0.15) is 5.56 Å². The lowest BCUT2D eigenvalue weighted by atomic mass is 10.2. The number of nitrogens with zero attached hydrogens (tertiary/aromatic N) is 2. The second-order valence-electron chi connectivity index (χ2n) is 6.56. The number of rotatable bonds is 9. The molecule has 3 rings (SSSR count). The van der Waals surface area contributed by atoms with Gasteiger partial charge in [0.15, 0.2) is 11.5 Å². The maximum absolute atomic E-state index is 14.0. The highest BCUT2D eigenvalue weighted by Gasteiger charge is 2.14. The van der Waals surface area contributed by atoms with Crippen molar-refractivity contribution in [1.29, 1.82) is 5.26 Å². The fourth-order valence-corrected chi connectivity index (χ4v) is 3.08. The first-order valence-electron chi connectivity index (χ1n) is 9.41. The third-order valence-corrected chi connectivity index (χ3v) is 4.48. The van der Waals surface area contributed by atoms with E-state index in [0.29, 0.717) is 5.56 Å². The number of benzene rings is 2. The lowest BCUT2D eigenvalue weighted by Gasteiger charge is -2.14. The number of aromatic amines is 1. The molecule has 13 heteroatoms. The Kier molecular flexibility index (Phi) is 7.46. The number of nitriles is 1. The summed E-state index contributed by atoms with van der Waals surface area (Å²) in [4.78, 5) is 25.0. The third kappa shape index (κ3) is 7.05. The quantitative estimate of drug-likeness (QED) is 0.339. The molecule has 0 bridgehead atoms. The largest absolute Gasteiger partial charge is 0.488 e. The Hall–Kier alpha value is -4.41. The zero-order valence-corrected chi connectivity index (χ0v) is 18.0. The second-order valence-corrected chi connectivity index (χ2v) is 7.58. The lowest BCUT2D eigenvalue weighted by Crippen LogP contribution is -2.30. The second kappa shape index (κ2) is 10.5. The molecule has 11 nitrogen and oxygen atoms in total. The van der Waals surface area contributed by atoms with E-state index in [4.69, 9.17) is 19.3 Å². The molecule has 1 heterocycles. The van der Waals surface area contributed by atoms with Crippen LogP contribution in [0.15, 0.2) is 64.3 Å². The Labute approximate surface area is 191 Å². The molecule has 176 valence electrons. The predicted octanol–water partition coefficient (Wildman–Crippen LogP) is 2.27. The van der Waals surface area contributed by atoms with E-state index in [1.54, 1.807) is 6.07 Å². The minimum atomic E-state index is -4.82. The molecule has 0 radical (unpaired) electrons. The maximum Gasteiger partial charge on any atom is 0.446 e. The Bertz CT molecular complexity index is 1490. The lowest BCUT2D eigenvalue weighted by molar-refractivity contribution is 0.282. The molecular weight excluding hydrogens is 473 g/mol. The maximum atomic E-state index is 14.0. The standard InChI is InChI=1S/C21H16FN3O8S/c22-15-10-14(2-1-6-23)11-17(12-15)32-18-4-3-16(33-34(28,29)30)13-19(18)31-9-8-25-7-5-20(26)24-21(25)27/h1-5,7,10-13H,8-9H2,(H,24,26,27)(H,28,29,30)/b2-1+. The highest BCUT2D eigenvalue weighted by Crippen LogP contribution is 2.36. The van der Waals surface area contributed by atoms with E-state index in [1.165, 1.54) is 35.0 Å². The van der Waals surface area contributed by atoms with Crippen LogP contribution in [0.25, 0.3) is 6.08 Å². The van der Waals surface area contributed by atoms with Crippen LogP contribution in [0.5, 0.6) is 23.0 Å². The summed E-state index contributed by atoms with van der Waals surface area (Å²) < 4.78 is 61.8. The molecule has 2 N–H and O–H groups in total. The van der Waals surface area contributed by atoms with Gasteiger partial charge in [0.1, 0.15) is 23.9 Å². The van der Waals surface area contributed by atoms with Crippen molar-refractivity contribution in [3.63, 3.8) is 0 Å². The highest BCUT2D eigenvalue weighted by atomic mass is 32.3. The molecular formula is C21H16FN3O8S. The minimum Gasteiger partial charge on any atom is -0.488 e. The number of aromatic nitrogens is 2. The number of halogens is 1. The van der Waals surface area contributed by atoms with E-state index in [2.05, 4.69) is 9.17 Å². The zero-order valence-electron chi connectivity index (χ0n) is 17.2. The van der Waals surface area contributed by atoms with Crippen LogP contribution in [-0.4, -0.2) is 29.1 Å². The smallest absolute Gasteiger partial charge is 0.446 e. The van der Waals surface area contributed by atoms with Gasteiger partial charge in [-0.2, -0.15) is 13.7 Å². The van der Waals surface area contributed by atoms with Gasteiger partial charge < -0.3 is 13.7 Å². The third-order valence-electron chi connectivity index (χ3n) is 4.08. The van der Waals surface area contributed by atoms with Crippen molar-refractivity contribution in [3.8, 4) is 29.1 Å². The van der Waals surface area contributed by atoms with E-state index in [0.717, 1.165) is 30.3 Å². The van der Waals surface area contributed by atoms with Crippen LogP contribution >= 0.6 is 0 Å². The monoisotopic (exact) mass is 489 g/mol. The van der Waals surface area contributed by atoms with Gasteiger partial charge in [-0.15, -0.1) is 0 Å². The van der Waals surface area contributed by atoms with Gasteiger partial charge in [0, 0.05) is 30.5 Å². The molecule has 0 aliphatic carbocycles. The summed E-state index contributed by atoms with van der Waals surface area (Å²) >= 11 is 0. The SMILES string of the molecule is N#C/C=C/c1cc(F)cc(Oc2ccc(OS(=O)(=O)O)cc2OCCn2ccc(=O)[nH]c2=O)c1. The zero-order chi connectivity index (χ0) is 24.7. The van der Waals surface area contributed by atoms with E-state index < -0.39 is 27.5 Å². The van der Waals surface area contributed by atoms with Gasteiger partial charge in [-0.1, -0.05) is 0 Å². The van der Waals surface area contributed by atoms with Crippen molar-refractivity contribution < 1.29 is 31.0 Å². The first kappa shape index (κ1) is 24.2. The van der Waals surface area contributed by atoms with Crippen molar-refractivity contribution in [2.75, 3.05) is 6.61 Å². The van der Waals surface area contributed by atoms with E-state index >= 15 is 0 Å². The summed E-state index contributed by atoms with van der Waals surface area (Å²) in [5.41, 5.74) is -0.872. The minimum absolute atomic E-state index is 0.00149. The fraction of sp³-hybridized carbons (Fsp3) is 0.0952. The van der Waals surface area contributed by atoms with Crippen LogP contribution in [0.3, 0.4) is 0 Å². The van der Waals surface area contributed by atoms with Crippen LogP contribution in [0.2, 0.25) is 0 Å². The van der Waals surface area contributed by atoms with Crippen molar-refractivity contribution in [1.82, 2.24) is 9.55 Å². The number of hydrogen-bond donors (Lipinski definition) is 2. The van der Waals surface area contributed by atoms with Crippen LogP contribution in [0, 0.1) is 17.1 Å². The van der Waals surface area contributed by atoms with Crippen LogP contribution in [-0.2, 0) is 16.9 Å². The molecule has 0 unspecified atom stereocenters. The topological polar surface area (TPSA) is 161 Å². The number of ether oxygens (including phenoxy) is 2. The fourth-order valence-electron chi connectivity index (χ4n) is 2.73. The Morgan fingerprint density at radius 2 is 1.91 bits per heavy atom. The van der Waals surface area contributed by atoms with E-state index in [1.807, 2.05) is 0 Å². The molecule has 0 saturated carbocycles. The van der Waals surface area contributed by atoms with Crippen molar-refractivity contribution >= 4 is 16.5 Å². The summed E-state index contributed by atoms with van der Waals surface area (Å²) in [6.45, 7) is -0.127. The molecule has 2 aromatic carbocycles. The molecule has 0 fully saturated rings. The first-order valence-corrected chi connectivity index (χ1v) is 10.8. The van der Waals surface area contributed by atoms with Gasteiger partial charge in [0.2, 0.25) is 0 Å². The van der Waals surface area contributed by atoms with Crippen LogP contribution in [0.4, 0.5) is 4.39 Å². The predicted molar refractivity (Wildman–Crippen MR) is 117 cm³/mol. The van der Waals surface area contributed by atoms with Gasteiger partial charge in [-0.05, 0) is 35.9 Å². The summed E-state index contributed by atoms with van der Waals surface area (Å²) in [5.74, 6) is -0.929. The number of H-pyrrole nitrogens is 1. The van der Waals surface area contributed by atoms with Gasteiger partial charge in [-0.25, -0.2) is 9.18 Å². The summed E-state index contributed by atoms with van der Waals surface area (Å²) in [7, 11) is -4.82. The molecule has 3 aromatic rings. The molecule has 0 atom stereocenters. The summed E-state index contributed by atoms with van der Waals surface area (Å²) in [6.07, 6.45) is 3.80. The van der Waals surface area contributed by atoms with E-state index in [9.17, 15) is 22.4 Å². The van der Waals surface area contributed by atoms with Crippen molar-refractivity contribution in [2.24, 2.45) is 0 Å². The molecule has 1 aromatic heterocycles. The van der Waals surface area contributed by atoms with Crippen molar-refractivity contribution in [3.05, 3.63) is 87.0 Å². The van der Waals surface area contributed by atoms with Crippen molar-refractivity contribution in [2.45, 2.75) is 6.54 Å². The van der Waals surface area contributed by atoms with Gasteiger partial charge >= 0.3 is 16.1 Å². The highest BCUT2D eigenvalue weighted by molar-refractivity contribution is 7.81. The molecule has 0 amide bonds. The Morgan fingerprint density at radius 3 is 2.62 bits per heavy atom. The molecule has 0 saturated heterocycles. The molecule has 34 heavy (non-hydrogen) atoms. The Balaban J connectivity index is 1.88. The normalized spacial score (nSPS) is 11.2. The average molecular weight is 489 g/mol. The van der Waals surface area contributed by atoms with Gasteiger partial charge in [-0.3, -0.25) is 18.9 Å². The average Bonchev–Trinajstić information content (AvgIpc) is 2.74. The number of allylic oxidation sites excluding steroid dienone is 1. The van der Waals surface area contributed by atoms with Crippen LogP contribution < -0.4 is 24.9 Å². The van der Waals surface area contributed by atoms with Gasteiger partial charge in [0.05, 0.1) is 12.6 Å².